The normalized spacial score (nSPS) is 18.6. The van der Waals surface area contributed by atoms with Gasteiger partial charge in [-0.2, -0.15) is 0 Å². The molecule has 0 aliphatic carbocycles. The van der Waals surface area contributed by atoms with Gasteiger partial charge in [-0.1, -0.05) is 13.8 Å². The first kappa shape index (κ1) is 15.6. The molecule has 1 aromatic heterocycles. The maximum Gasteiger partial charge on any atom is 0.297 e. The van der Waals surface area contributed by atoms with Crippen LogP contribution in [-0.4, -0.2) is 21.4 Å². The minimum absolute atomic E-state index is 0.0372. The molecule has 0 saturated carbocycles. The molecule has 0 amide bonds. The molecule has 0 spiro atoms. The van der Waals surface area contributed by atoms with E-state index < -0.39 is 33.9 Å². The van der Waals surface area contributed by atoms with Crippen molar-refractivity contribution in [1.29, 1.82) is 0 Å². The van der Waals surface area contributed by atoms with Crippen molar-refractivity contribution in [1.82, 2.24) is 0 Å². The number of fused-ring (bicyclic) bond motifs is 2. The van der Waals surface area contributed by atoms with Crippen LogP contribution in [0.15, 0.2) is 14.0 Å². The Labute approximate surface area is 141 Å². The number of hydrogen-bond acceptors (Lipinski definition) is 7. The third kappa shape index (κ3) is 1.60. The zero-order valence-corrected chi connectivity index (χ0v) is 14.1. The van der Waals surface area contributed by atoms with Crippen molar-refractivity contribution in [2.75, 3.05) is 0 Å². The molecule has 25 heavy (non-hydrogen) atoms. The van der Waals surface area contributed by atoms with Crippen LogP contribution >= 0.6 is 0 Å². The van der Waals surface area contributed by atoms with E-state index in [0.29, 0.717) is 10.9 Å². The summed E-state index contributed by atoms with van der Waals surface area (Å²) >= 11 is 0. The van der Waals surface area contributed by atoms with Crippen molar-refractivity contribution in [2.24, 2.45) is 0 Å². The summed E-state index contributed by atoms with van der Waals surface area (Å²) in [6.45, 7) is 7.01. The molecule has 7 heteroatoms. The third-order valence-electron chi connectivity index (χ3n) is 5.41. The van der Waals surface area contributed by atoms with Gasteiger partial charge < -0.3 is 24.5 Å². The molecule has 3 aromatic rings. The van der Waals surface area contributed by atoms with Crippen molar-refractivity contribution < 1.29 is 24.5 Å². The van der Waals surface area contributed by atoms with Crippen LogP contribution in [0.1, 0.15) is 31.9 Å². The highest BCUT2D eigenvalue weighted by molar-refractivity contribution is 6.17. The fourth-order valence-electron chi connectivity index (χ4n) is 3.67. The number of benzene rings is 2. The number of aryl methyl sites for hydroxylation is 1. The molecule has 0 bridgehead atoms. The van der Waals surface area contributed by atoms with Gasteiger partial charge in [-0.05, 0) is 13.8 Å². The van der Waals surface area contributed by atoms with Crippen molar-refractivity contribution in [2.45, 2.75) is 39.2 Å². The monoisotopic (exact) mass is 344 g/mol. The standard InChI is InChI=1S/C18H16O7/c1-5-7-8-9(13(20)11-15(7)24-6(2)18(11,3)4)16(22)25-17(23)10(8)14(21)12(5)19/h6,19,22-23H,1-4H3. The van der Waals surface area contributed by atoms with E-state index in [1.165, 1.54) is 6.92 Å². The van der Waals surface area contributed by atoms with E-state index in [4.69, 9.17) is 9.15 Å². The highest BCUT2D eigenvalue weighted by atomic mass is 16.5. The number of hydrogen-bond donors (Lipinski definition) is 3. The van der Waals surface area contributed by atoms with E-state index in [1.807, 2.05) is 20.8 Å². The van der Waals surface area contributed by atoms with Crippen LogP contribution in [0.25, 0.3) is 21.5 Å². The second-order valence-electron chi connectivity index (χ2n) is 7.03. The Kier molecular flexibility index (Phi) is 2.71. The SMILES string of the molecule is Cc1c(O)c(=O)c2c(O)oc(O)c3c(=O)c4c(c1c23)OC(C)C4(C)C. The van der Waals surface area contributed by atoms with Crippen molar-refractivity contribution in [3.8, 4) is 23.4 Å². The van der Waals surface area contributed by atoms with Gasteiger partial charge in [0.25, 0.3) is 11.9 Å². The Balaban J connectivity index is 2.47. The summed E-state index contributed by atoms with van der Waals surface area (Å²) < 4.78 is 10.7. The summed E-state index contributed by atoms with van der Waals surface area (Å²) in [7, 11) is 0. The first-order valence-electron chi connectivity index (χ1n) is 7.79. The molecule has 4 rings (SSSR count). The summed E-state index contributed by atoms with van der Waals surface area (Å²) in [6, 6.07) is 0. The van der Waals surface area contributed by atoms with Crippen LogP contribution < -0.4 is 15.6 Å². The zero-order valence-electron chi connectivity index (χ0n) is 14.1. The quantitative estimate of drug-likeness (QED) is 0.572. The molecule has 1 atom stereocenters. The number of phenolic OH excluding ortho intramolecular Hbond substituents is 1. The summed E-state index contributed by atoms with van der Waals surface area (Å²) in [6.07, 6.45) is -0.341. The maximum absolute atomic E-state index is 13.1. The maximum atomic E-state index is 13.1. The molecule has 0 saturated heterocycles. The lowest BCUT2D eigenvalue weighted by atomic mass is 9.79. The zero-order chi connectivity index (χ0) is 18.4. The highest BCUT2D eigenvalue weighted by Crippen LogP contribution is 2.50. The number of aromatic hydroxyl groups is 3. The van der Waals surface area contributed by atoms with Gasteiger partial charge >= 0.3 is 0 Å². The Morgan fingerprint density at radius 2 is 1.48 bits per heavy atom. The molecule has 7 nitrogen and oxygen atoms in total. The predicted molar refractivity (Wildman–Crippen MR) is 90.3 cm³/mol. The van der Waals surface area contributed by atoms with Crippen LogP contribution in [-0.2, 0) is 5.41 Å². The largest absolute Gasteiger partial charge is 0.504 e. The Bertz CT molecular complexity index is 1190. The predicted octanol–water partition coefficient (Wildman–Crippen LogP) is 2.23. The highest BCUT2D eigenvalue weighted by Gasteiger charge is 2.44. The molecule has 0 fully saturated rings. The first-order valence-corrected chi connectivity index (χ1v) is 7.79. The summed E-state index contributed by atoms with van der Waals surface area (Å²) in [5.74, 6) is -1.94. The van der Waals surface area contributed by atoms with Gasteiger partial charge in [-0.25, -0.2) is 0 Å². The molecule has 2 aromatic carbocycles. The summed E-state index contributed by atoms with van der Waals surface area (Å²) in [5.41, 5.74) is -1.49. The summed E-state index contributed by atoms with van der Waals surface area (Å²) in [4.78, 5) is 25.5. The van der Waals surface area contributed by atoms with Gasteiger partial charge in [0.15, 0.2) is 5.75 Å². The second kappa shape index (κ2) is 4.36. The molecule has 3 N–H and O–H groups in total. The number of phenols is 1. The molecule has 1 aliphatic heterocycles. The van der Waals surface area contributed by atoms with Crippen molar-refractivity contribution in [3.05, 3.63) is 31.6 Å². The lowest BCUT2D eigenvalue weighted by Crippen LogP contribution is -2.32. The Morgan fingerprint density at radius 3 is 2.08 bits per heavy atom. The van der Waals surface area contributed by atoms with Crippen molar-refractivity contribution >= 4 is 21.5 Å². The van der Waals surface area contributed by atoms with Gasteiger partial charge in [-0.15, -0.1) is 0 Å². The van der Waals surface area contributed by atoms with Crippen LogP contribution in [0.2, 0.25) is 0 Å². The van der Waals surface area contributed by atoms with Crippen LogP contribution in [0.3, 0.4) is 0 Å². The van der Waals surface area contributed by atoms with E-state index in [0.717, 1.165) is 0 Å². The van der Waals surface area contributed by atoms with Crippen LogP contribution in [0, 0.1) is 6.92 Å². The van der Waals surface area contributed by atoms with Crippen LogP contribution in [0.5, 0.6) is 23.4 Å². The molecule has 1 unspecified atom stereocenters. The van der Waals surface area contributed by atoms with E-state index in [9.17, 15) is 24.9 Å². The number of ether oxygens (including phenoxy) is 1. The molecule has 1 aliphatic rings. The van der Waals surface area contributed by atoms with E-state index in [2.05, 4.69) is 0 Å². The van der Waals surface area contributed by atoms with Crippen molar-refractivity contribution in [3.63, 3.8) is 0 Å². The molecule has 0 radical (unpaired) electrons. The lowest BCUT2D eigenvalue weighted by molar-refractivity contribution is 0.187. The average molecular weight is 344 g/mol. The smallest absolute Gasteiger partial charge is 0.297 e. The second-order valence-corrected chi connectivity index (χ2v) is 7.03. The van der Waals surface area contributed by atoms with Gasteiger partial charge in [0, 0.05) is 21.8 Å². The molecule has 130 valence electrons. The van der Waals surface area contributed by atoms with Gasteiger partial charge in [0.1, 0.15) is 22.6 Å². The molecule has 2 heterocycles. The van der Waals surface area contributed by atoms with E-state index >= 15 is 0 Å². The molecular weight excluding hydrogens is 328 g/mol. The fraction of sp³-hybridized carbons (Fsp3) is 0.333. The minimum Gasteiger partial charge on any atom is -0.504 e. The van der Waals surface area contributed by atoms with Gasteiger partial charge in [0.2, 0.25) is 10.9 Å². The first-order chi connectivity index (χ1) is 11.6. The summed E-state index contributed by atoms with van der Waals surface area (Å²) in [5, 5.41) is 30.2. The Morgan fingerprint density at radius 1 is 0.920 bits per heavy atom. The van der Waals surface area contributed by atoms with Gasteiger partial charge in [-0.3, -0.25) is 9.59 Å². The van der Waals surface area contributed by atoms with E-state index in [1.54, 1.807) is 0 Å². The average Bonchev–Trinajstić information content (AvgIpc) is 2.74. The molecular formula is C18H16O7. The topological polar surface area (TPSA) is 117 Å². The number of rotatable bonds is 0. The minimum atomic E-state index is -0.874. The third-order valence-corrected chi connectivity index (χ3v) is 5.41. The van der Waals surface area contributed by atoms with Gasteiger partial charge in [0.05, 0.1) is 5.56 Å². The lowest BCUT2D eigenvalue weighted by Gasteiger charge is -2.21. The Hall–Kier alpha value is -2.96. The van der Waals surface area contributed by atoms with E-state index in [-0.39, 0.29) is 33.6 Å². The van der Waals surface area contributed by atoms with Crippen LogP contribution in [0.4, 0.5) is 0 Å². The fourth-order valence-corrected chi connectivity index (χ4v) is 3.67.